The van der Waals surface area contributed by atoms with Crippen molar-refractivity contribution >= 4 is 41.1 Å². The molecule has 0 fully saturated rings. The number of rotatable bonds is 16. The van der Waals surface area contributed by atoms with E-state index in [4.69, 9.17) is 4.74 Å². The molecule has 0 aromatic heterocycles. The van der Waals surface area contributed by atoms with Crippen LogP contribution in [0.5, 0.6) is 0 Å². The predicted molar refractivity (Wildman–Crippen MR) is 178 cm³/mol. The van der Waals surface area contributed by atoms with Crippen LogP contribution in [0.3, 0.4) is 0 Å². The summed E-state index contributed by atoms with van der Waals surface area (Å²) in [5, 5.41) is 39.0. The molecule has 0 radical (unpaired) electrons. The van der Waals surface area contributed by atoms with Crippen LogP contribution >= 0.6 is 0 Å². The monoisotopic (exact) mass is 650 g/mol. The highest BCUT2D eigenvalue weighted by Gasteiger charge is 2.28. The lowest BCUT2D eigenvalue weighted by atomic mass is 9.89. The largest absolute Gasteiger partial charge is 0.480 e. The van der Waals surface area contributed by atoms with E-state index in [1.807, 2.05) is 72.0 Å². The third-order valence-electron chi connectivity index (χ3n) is 6.82. The second-order valence-electron chi connectivity index (χ2n) is 12.9. The molecule has 13 heteroatoms. The van der Waals surface area contributed by atoms with Crippen molar-refractivity contribution in [3.8, 4) is 6.19 Å². The normalized spacial score (nSPS) is 13.5. The van der Waals surface area contributed by atoms with Gasteiger partial charge in [0.15, 0.2) is 12.2 Å². The average Bonchev–Trinajstić information content (AvgIpc) is 2.97. The summed E-state index contributed by atoms with van der Waals surface area (Å²) in [4.78, 5) is 53.6. The molecule has 0 bridgehead atoms. The SMILES string of the molecule is Cc1ccc(N=C(NC#N)Nc2ccc(C(CC(C)C)C(=O)NC(COCCC(NC(=O)CC(C)(C)C)C(=O)O)C(=O)O)cc2)cc1. The summed E-state index contributed by atoms with van der Waals surface area (Å²) in [5.41, 5.74) is 2.67. The summed E-state index contributed by atoms with van der Waals surface area (Å²) < 4.78 is 5.45. The van der Waals surface area contributed by atoms with Crippen LogP contribution in [0.25, 0.3) is 0 Å². The van der Waals surface area contributed by atoms with Crippen LogP contribution in [0.1, 0.15) is 70.9 Å². The number of aliphatic carboxylic acids is 2. The van der Waals surface area contributed by atoms with Gasteiger partial charge in [-0.2, -0.15) is 5.26 Å². The van der Waals surface area contributed by atoms with E-state index < -0.39 is 48.4 Å². The van der Waals surface area contributed by atoms with Crippen molar-refractivity contribution < 1.29 is 34.1 Å². The molecule has 6 N–H and O–H groups in total. The van der Waals surface area contributed by atoms with Crippen molar-refractivity contribution in [3.63, 3.8) is 0 Å². The van der Waals surface area contributed by atoms with E-state index in [1.54, 1.807) is 24.3 Å². The Morgan fingerprint density at radius 1 is 0.936 bits per heavy atom. The third-order valence-corrected chi connectivity index (χ3v) is 6.82. The molecule has 2 rings (SSSR count). The Morgan fingerprint density at radius 2 is 1.55 bits per heavy atom. The molecule has 13 nitrogen and oxygen atoms in total. The first kappa shape index (κ1) is 38.2. The first-order chi connectivity index (χ1) is 22.1. The number of hydrogen-bond donors (Lipinski definition) is 6. The number of amides is 2. The van der Waals surface area contributed by atoms with Crippen LogP contribution in [0.4, 0.5) is 11.4 Å². The van der Waals surface area contributed by atoms with Crippen LogP contribution in [-0.2, 0) is 23.9 Å². The standard InChI is InChI=1S/C34H46N6O7/c1-21(2)17-26(23-9-13-25(14-10-23)38-33(36-20-35)37-24-11-7-22(3)8-12-24)30(42)40-28(32(45)46)19-47-16-15-27(31(43)44)39-29(41)18-34(4,5)6/h7-14,21,26-28H,15-19H2,1-6H3,(H,39,41)(H,40,42)(H,43,44)(H,45,46)(H2,36,37,38). The number of carbonyl (C=O) groups excluding carboxylic acids is 2. The lowest BCUT2D eigenvalue weighted by Crippen LogP contribution is -2.46. The van der Waals surface area contributed by atoms with Crippen molar-refractivity contribution in [2.45, 2.75) is 78.8 Å². The number of anilines is 1. The van der Waals surface area contributed by atoms with Crippen LogP contribution in [-0.4, -0.2) is 65.2 Å². The maximum atomic E-state index is 13.4. The Balaban J connectivity index is 2.07. The van der Waals surface area contributed by atoms with Crippen molar-refractivity contribution in [3.05, 3.63) is 59.7 Å². The van der Waals surface area contributed by atoms with Gasteiger partial charge in [-0.05, 0) is 54.5 Å². The average molecular weight is 651 g/mol. The quantitative estimate of drug-likeness (QED) is 0.0501. The Bertz CT molecular complexity index is 1430. The molecule has 0 aliphatic carbocycles. The van der Waals surface area contributed by atoms with E-state index in [-0.39, 0.29) is 36.7 Å². The number of carboxylic acid groups (broad SMARTS) is 2. The Hall–Kier alpha value is -4.96. The highest BCUT2D eigenvalue weighted by atomic mass is 16.5. The second kappa shape index (κ2) is 18.3. The fourth-order valence-electron chi connectivity index (χ4n) is 4.52. The number of aryl methyl sites for hydroxylation is 1. The van der Waals surface area contributed by atoms with Gasteiger partial charge < -0.3 is 30.9 Å². The van der Waals surface area contributed by atoms with Crippen molar-refractivity contribution in [1.29, 1.82) is 5.26 Å². The Kier molecular flexibility index (Phi) is 14.8. The van der Waals surface area contributed by atoms with Gasteiger partial charge in [0, 0.05) is 25.1 Å². The van der Waals surface area contributed by atoms with Crippen LogP contribution in [0.15, 0.2) is 53.5 Å². The van der Waals surface area contributed by atoms with Crippen LogP contribution in [0.2, 0.25) is 0 Å². The van der Waals surface area contributed by atoms with Gasteiger partial charge in [0.1, 0.15) is 6.04 Å². The summed E-state index contributed by atoms with van der Waals surface area (Å²) >= 11 is 0. The van der Waals surface area contributed by atoms with E-state index in [2.05, 4.69) is 26.3 Å². The third kappa shape index (κ3) is 14.3. The molecule has 0 aliphatic rings. The molecular formula is C34H46N6O7. The number of nitrogens with zero attached hydrogens (tertiary/aromatic N) is 2. The maximum Gasteiger partial charge on any atom is 0.328 e. The lowest BCUT2D eigenvalue weighted by Gasteiger charge is -2.23. The zero-order chi connectivity index (χ0) is 35.1. The molecule has 47 heavy (non-hydrogen) atoms. The van der Waals surface area contributed by atoms with Gasteiger partial charge >= 0.3 is 11.9 Å². The Morgan fingerprint density at radius 3 is 2.09 bits per heavy atom. The van der Waals surface area contributed by atoms with Crippen LogP contribution in [0, 0.1) is 29.7 Å². The van der Waals surface area contributed by atoms with Gasteiger partial charge in [-0.15, -0.1) is 0 Å². The molecule has 0 heterocycles. The molecule has 0 spiro atoms. The molecule has 0 saturated carbocycles. The molecule has 3 unspecified atom stereocenters. The number of nitriles is 1. The minimum Gasteiger partial charge on any atom is -0.480 e. The van der Waals surface area contributed by atoms with Gasteiger partial charge in [-0.3, -0.25) is 14.9 Å². The fourth-order valence-corrected chi connectivity index (χ4v) is 4.52. The zero-order valence-electron chi connectivity index (χ0n) is 27.8. The summed E-state index contributed by atoms with van der Waals surface area (Å²) in [6.45, 7) is 10.9. The molecule has 254 valence electrons. The van der Waals surface area contributed by atoms with E-state index in [9.17, 15) is 34.7 Å². The minimum atomic E-state index is -1.38. The molecule has 0 aliphatic heterocycles. The minimum absolute atomic E-state index is 0.0802. The van der Waals surface area contributed by atoms with Gasteiger partial charge in [0.2, 0.25) is 17.8 Å². The van der Waals surface area contributed by atoms with E-state index >= 15 is 0 Å². The van der Waals surface area contributed by atoms with Gasteiger partial charge in [-0.1, -0.05) is 64.4 Å². The highest BCUT2D eigenvalue weighted by Crippen LogP contribution is 2.26. The molecule has 3 atom stereocenters. The molecule has 0 saturated heterocycles. The van der Waals surface area contributed by atoms with Gasteiger partial charge in [0.05, 0.1) is 18.2 Å². The number of carboxylic acids is 2. The Labute approximate surface area is 275 Å². The number of nitrogens with one attached hydrogen (secondary N) is 4. The molecule has 2 aromatic carbocycles. The second-order valence-corrected chi connectivity index (χ2v) is 12.9. The zero-order valence-corrected chi connectivity index (χ0v) is 27.8. The fraction of sp³-hybridized carbons (Fsp3) is 0.471. The number of hydrogen-bond acceptors (Lipinski definition) is 7. The predicted octanol–water partition coefficient (Wildman–Crippen LogP) is 4.28. The maximum absolute atomic E-state index is 13.4. The van der Waals surface area contributed by atoms with Crippen molar-refractivity contribution in [2.75, 3.05) is 18.5 Å². The lowest BCUT2D eigenvalue weighted by molar-refractivity contribution is -0.145. The summed E-state index contributed by atoms with van der Waals surface area (Å²) in [6, 6.07) is 11.8. The van der Waals surface area contributed by atoms with Crippen molar-refractivity contribution in [1.82, 2.24) is 16.0 Å². The summed E-state index contributed by atoms with van der Waals surface area (Å²) in [6.07, 6.45) is 2.36. The highest BCUT2D eigenvalue weighted by molar-refractivity contribution is 5.96. The topological polar surface area (TPSA) is 202 Å². The van der Waals surface area contributed by atoms with Crippen LogP contribution < -0.4 is 21.3 Å². The van der Waals surface area contributed by atoms with E-state index in [0.29, 0.717) is 23.4 Å². The van der Waals surface area contributed by atoms with Gasteiger partial charge in [-0.25, -0.2) is 14.6 Å². The van der Waals surface area contributed by atoms with E-state index in [1.165, 1.54) is 0 Å². The first-order valence-electron chi connectivity index (χ1n) is 15.4. The molecule has 2 aromatic rings. The van der Waals surface area contributed by atoms with Crippen molar-refractivity contribution in [2.24, 2.45) is 16.3 Å². The number of ether oxygens (including phenoxy) is 1. The van der Waals surface area contributed by atoms with Gasteiger partial charge in [0.25, 0.3) is 0 Å². The molecular weight excluding hydrogens is 604 g/mol. The number of aliphatic imine (C=N–C) groups is 1. The summed E-state index contributed by atoms with van der Waals surface area (Å²) in [7, 11) is 0. The van der Waals surface area contributed by atoms with E-state index in [0.717, 1.165) is 5.56 Å². The molecule has 2 amide bonds. The smallest absolute Gasteiger partial charge is 0.328 e. The number of guanidine groups is 1. The number of benzene rings is 2. The number of carbonyl (C=O) groups is 4. The summed E-state index contributed by atoms with van der Waals surface area (Å²) in [5.74, 6) is -3.79. The first-order valence-corrected chi connectivity index (χ1v) is 15.4.